The third-order valence-corrected chi connectivity index (χ3v) is 6.08. The van der Waals surface area contributed by atoms with Crippen LogP contribution in [0.5, 0.6) is 0 Å². The summed E-state index contributed by atoms with van der Waals surface area (Å²) < 4.78 is 73.9. The van der Waals surface area contributed by atoms with Crippen LogP contribution in [0.15, 0.2) is 6.07 Å². The normalized spacial score (nSPS) is 19.5. The van der Waals surface area contributed by atoms with E-state index in [1.807, 2.05) is 0 Å². The summed E-state index contributed by atoms with van der Waals surface area (Å²) in [6, 6.07) is 1.48. The Balaban J connectivity index is 1.64. The number of piperidine rings is 1. The van der Waals surface area contributed by atoms with E-state index in [0.29, 0.717) is 38.2 Å². The summed E-state index contributed by atoms with van der Waals surface area (Å²) in [5.74, 6) is -7.80. The fourth-order valence-corrected chi connectivity index (χ4v) is 4.14. The Morgan fingerprint density at radius 2 is 1.94 bits per heavy atom. The van der Waals surface area contributed by atoms with Gasteiger partial charge in [-0.15, -0.1) is 0 Å². The van der Waals surface area contributed by atoms with Crippen LogP contribution in [0.1, 0.15) is 36.4 Å². The Morgan fingerprint density at radius 3 is 2.63 bits per heavy atom. The van der Waals surface area contributed by atoms with Crippen molar-refractivity contribution in [2.24, 2.45) is 0 Å². The summed E-state index contributed by atoms with van der Waals surface area (Å²) in [5, 5.41) is 2.53. The molecule has 2 aliphatic heterocycles. The predicted molar refractivity (Wildman–Crippen MR) is 116 cm³/mol. The first-order valence-corrected chi connectivity index (χ1v) is 11.1. The van der Waals surface area contributed by atoms with Crippen molar-refractivity contribution in [3.05, 3.63) is 34.9 Å². The highest BCUT2D eigenvalue weighted by molar-refractivity contribution is 5.76. The van der Waals surface area contributed by atoms with Crippen LogP contribution in [0, 0.1) is 24.5 Å². The fraction of sp³-hybridized carbons (Fsp3) is 0.545. The first-order valence-electron chi connectivity index (χ1n) is 11.1. The van der Waals surface area contributed by atoms with Crippen molar-refractivity contribution in [1.82, 2.24) is 19.9 Å². The molecule has 8 nitrogen and oxygen atoms in total. The van der Waals surface area contributed by atoms with Crippen LogP contribution >= 0.6 is 0 Å². The zero-order valence-electron chi connectivity index (χ0n) is 19.3. The number of nitrogens with one attached hydrogen (secondary N) is 1. The summed E-state index contributed by atoms with van der Waals surface area (Å²) in [4.78, 5) is 27.3. The van der Waals surface area contributed by atoms with Crippen molar-refractivity contribution >= 4 is 23.5 Å². The van der Waals surface area contributed by atoms with Gasteiger partial charge >= 0.3 is 0 Å². The molecule has 1 unspecified atom stereocenters. The highest BCUT2D eigenvalue weighted by atomic mass is 19.3. The summed E-state index contributed by atoms with van der Waals surface area (Å²) in [5.41, 5.74) is -0.106. The van der Waals surface area contributed by atoms with Gasteiger partial charge in [-0.3, -0.25) is 4.79 Å². The number of hydrogen-bond donors (Lipinski definition) is 1. The molecule has 2 saturated heterocycles. The maximum absolute atomic E-state index is 14.5. The van der Waals surface area contributed by atoms with E-state index in [1.165, 1.54) is 18.1 Å². The van der Waals surface area contributed by atoms with Gasteiger partial charge in [0.25, 0.3) is 11.9 Å². The molecule has 2 aromatic heterocycles. The van der Waals surface area contributed by atoms with Gasteiger partial charge in [-0.2, -0.15) is 14.4 Å². The van der Waals surface area contributed by atoms with Gasteiger partial charge in [0.05, 0.1) is 31.8 Å². The van der Waals surface area contributed by atoms with Crippen LogP contribution < -0.4 is 10.2 Å². The number of hydrogen-bond acceptors (Lipinski definition) is 7. The molecule has 0 aromatic carbocycles. The van der Waals surface area contributed by atoms with Gasteiger partial charge < -0.3 is 19.9 Å². The third kappa shape index (κ3) is 5.44. The van der Waals surface area contributed by atoms with Crippen molar-refractivity contribution in [2.45, 2.75) is 38.0 Å². The Bertz CT molecular complexity index is 1110. The van der Waals surface area contributed by atoms with E-state index in [1.54, 1.807) is 4.90 Å². The van der Waals surface area contributed by atoms with E-state index in [9.17, 15) is 26.7 Å². The lowest BCUT2D eigenvalue weighted by atomic mass is 9.94. The van der Waals surface area contributed by atoms with E-state index < -0.39 is 48.0 Å². The number of anilines is 3. The number of carbonyl (C=O) groups excluding carboxylic acids is 1. The molecule has 0 aliphatic carbocycles. The molecule has 13 heteroatoms. The Morgan fingerprint density at radius 1 is 1.20 bits per heavy atom. The molecule has 4 heterocycles. The molecular formula is C22H25F5N6O2. The summed E-state index contributed by atoms with van der Waals surface area (Å²) >= 11 is 0. The lowest BCUT2D eigenvalue weighted by molar-refractivity contribution is -0.133. The van der Waals surface area contributed by atoms with Crippen molar-refractivity contribution in [1.29, 1.82) is 0 Å². The van der Waals surface area contributed by atoms with Gasteiger partial charge in [0.1, 0.15) is 5.82 Å². The topological polar surface area (TPSA) is 83.5 Å². The number of amides is 1. The molecule has 4 rings (SSSR count). The molecule has 2 aliphatic rings. The van der Waals surface area contributed by atoms with Crippen LogP contribution in [-0.2, 0) is 9.53 Å². The average molecular weight is 500 g/mol. The number of likely N-dealkylation sites (tertiary alicyclic amines) is 1. The summed E-state index contributed by atoms with van der Waals surface area (Å²) in [6.07, 6.45) is 1.61. The number of rotatable bonds is 7. The van der Waals surface area contributed by atoms with Crippen molar-refractivity contribution in [3.63, 3.8) is 0 Å². The van der Waals surface area contributed by atoms with Crippen molar-refractivity contribution in [2.75, 3.05) is 50.1 Å². The molecule has 2 fully saturated rings. The lowest BCUT2D eigenvalue weighted by Gasteiger charge is -2.39. The zero-order chi connectivity index (χ0) is 25.3. The van der Waals surface area contributed by atoms with E-state index in [0.717, 1.165) is 6.92 Å². The highest BCUT2D eigenvalue weighted by Crippen LogP contribution is 2.34. The van der Waals surface area contributed by atoms with E-state index in [4.69, 9.17) is 4.74 Å². The van der Waals surface area contributed by atoms with Gasteiger partial charge in [-0.05, 0) is 19.8 Å². The predicted octanol–water partition coefficient (Wildman–Crippen LogP) is 3.54. The second-order valence-electron chi connectivity index (χ2n) is 8.74. The quantitative estimate of drug-likeness (QED) is 0.460. The molecule has 0 spiro atoms. The number of nitrogens with zero attached hydrogens (tertiary/aromatic N) is 5. The largest absolute Gasteiger partial charge is 0.384 e. The molecule has 0 saturated carbocycles. The Labute approximate surface area is 198 Å². The minimum Gasteiger partial charge on any atom is -0.384 e. The molecule has 2 aromatic rings. The van der Waals surface area contributed by atoms with Gasteiger partial charge in [-0.25, -0.2) is 22.5 Å². The average Bonchev–Trinajstić information content (AvgIpc) is 2.82. The minimum atomic E-state index is -2.88. The number of alkyl halides is 2. The first-order chi connectivity index (χ1) is 16.6. The van der Waals surface area contributed by atoms with E-state index in [-0.39, 0.29) is 30.0 Å². The Hall–Kier alpha value is -3.09. The molecule has 0 bridgehead atoms. The lowest BCUT2D eigenvalue weighted by Crippen LogP contribution is -2.57. The van der Waals surface area contributed by atoms with Crippen LogP contribution in [0.4, 0.5) is 39.5 Å². The summed E-state index contributed by atoms with van der Waals surface area (Å²) in [6.45, 7) is 1.12. The molecule has 1 atom stereocenters. The number of pyridine rings is 1. The molecule has 35 heavy (non-hydrogen) atoms. The summed E-state index contributed by atoms with van der Waals surface area (Å²) in [7, 11) is 1.51. The Kier molecular flexibility index (Phi) is 7.06. The van der Waals surface area contributed by atoms with Gasteiger partial charge in [-0.1, -0.05) is 0 Å². The number of carbonyl (C=O) groups is 1. The molecular weight excluding hydrogens is 475 g/mol. The van der Waals surface area contributed by atoms with Crippen molar-refractivity contribution < 1.29 is 31.5 Å². The fourth-order valence-electron chi connectivity index (χ4n) is 4.14. The van der Waals surface area contributed by atoms with Crippen LogP contribution in [0.2, 0.25) is 0 Å². The minimum absolute atomic E-state index is 0.0140. The van der Waals surface area contributed by atoms with E-state index >= 15 is 0 Å². The second-order valence-corrected chi connectivity index (χ2v) is 8.74. The van der Waals surface area contributed by atoms with Gasteiger partial charge in [0.15, 0.2) is 17.5 Å². The number of halogens is 5. The van der Waals surface area contributed by atoms with Crippen LogP contribution in [0.3, 0.4) is 0 Å². The van der Waals surface area contributed by atoms with E-state index in [2.05, 4.69) is 20.3 Å². The molecule has 0 radical (unpaired) electrons. The maximum atomic E-state index is 14.5. The van der Waals surface area contributed by atoms with Crippen LogP contribution in [0.25, 0.3) is 0 Å². The monoisotopic (exact) mass is 500 g/mol. The molecule has 1 N–H and O–H groups in total. The van der Waals surface area contributed by atoms with Crippen LogP contribution in [-0.4, -0.2) is 71.6 Å². The standard InChI is InChI=1S/C22H25F5N6O2/c1-12-17(23)19(25)31-20(18(12)24)29-15-8-14(28-21(30-15)33-10-22(26,27)11-33)13-4-3-6-32(9-13)16(34)5-7-35-2/h8,13H,3-7,9-11H2,1-2H3,(H,28,29,30,31). The number of methoxy groups -OCH3 is 1. The van der Waals surface area contributed by atoms with Gasteiger partial charge in [0, 0.05) is 37.7 Å². The highest BCUT2D eigenvalue weighted by Gasteiger charge is 2.45. The molecule has 1 amide bonds. The second kappa shape index (κ2) is 9.88. The zero-order valence-corrected chi connectivity index (χ0v) is 19.3. The number of ether oxygens (including phenoxy) is 1. The smallest absolute Gasteiger partial charge is 0.282 e. The molecule has 190 valence electrons. The van der Waals surface area contributed by atoms with Gasteiger partial charge in [0.2, 0.25) is 11.9 Å². The first kappa shape index (κ1) is 25.0. The van der Waals surface area contributed by atoms with Crippen molar-refractivity contribution in [3.8, 4) is 0 Å². The maximum Gasteiger partial charge on any atom is 0.282 e. The number of aromatic nitrogens is 3. The third-order valence-electron chi connectivity index (χ3n) is 6.08. The SMILES string of the molecule is COCCC(=O)N1CCCC(c2cc(Nc3nc(F)c(F)c(C)c3F)nc(N3CC(F)(F)C3)n2)C1.